The quantitative estimate of drug-likeness (QED) is 0.165. The molecule has 15 heteroatoms. The van der Waals surface area contributed by atoms with Gasteiger partial charge in [-0.2, -0.15) is 13.1 Å². The average Bonchev–Trinajstić information content (AvgIpc) is 3.81. The second-order valence-corrected chi connectivity index (χ2v) is 13.1. The third-order valence-corrected chi connectivity index (χ3v) is 8.77. The van der Waals surface area contributed by atoms with Crippen LogP contribution in [0.15, 0.2) is 48.8 Å². The smallest absolute Gasteiger partial charge is 0.387 e. The number of alkyl halides is 2. The Morgan fingerprint density at radius 3 is 2.27 bits per heavy atom. The summed E-state index contributed by atoms with van der Waals surface area (Å²) in [5.41, 5.74) is 1.29. The Balaban J connectivity index is 1.63. The number of esters is 1. The lowest BCUT2D eigenvalue weighted by Crippen LogP contribution is -2.35. The van der Waals surface area contributed by atoms with Crippen molar-refractivity contribution in [3.8, 4) is 23.0 Å². The first-order chi connectivity index (χ1) is 21.4. The number of carbonyl (C=O) groups is 1. The van der Waals surface area contributed by atoms with E-state index in [1.165, 1.54) is 44.8 Å². The molecule has 0 unspecified atom stereocenters. The van der Waals surface area contributed by atoms with Gasteiger partial charge in [0.1, 0.15) is 12.6 Å². The molecular weight excluding hydrogens is 657 g/mol. The van der Waals surface area contributed by atoms with Crippen LogP contribution < -0.4 is 18.9 Å². The first kappa shape index (κ1) is 34.5. The SMILES string of the molecule is COc1ccc(CN(CC(=O)O[C@@H](Cc2c(Cl)cncc2Cl)c2ccc(OC(F)F)c(OCC3CC3)c2)S(C)(=O)=O)cc1OC. The van der Waals surface area contributed by atoms with Gasteiger partial charge in [-0.05, 0) is 59.7 Å². The Morgan fingerprint density at radius 2 is 1.67 bits per heavy atom. The molecule has 1 aliphatic carbocycles. The highest BCUT2D eigenvalue weighted by Gasteiger charge is 2.28. The molecule has 1 atom stereocenters. The fourth-order valence-corrected chi connectivity index (χ4v) is 5.62. The van der Waals surface area contributed by atoms with E-state index in [0.717, 1.165) is 23.4 Å². The fraction of sp³-hybridized carbons (Fsp3) is 0.400. The maximum Gasteiger partial charge on any atom is 0.387 e. The van der Waals surface area contributed by atoms with E-state index >= 15 is 0 Å². The molecule has 10 nitrogen and oxygen atoms in total. The van der Waals surface area contributed by atoms with E-state index in [4.69, 9.17) is 42.1 Å². The van der Waals surface area contributed by atoms with Crippen LogP contribution in [-0.2, 0) is 32.5 Å². The third kappa shape index (κ3) is 9.80. The molecule has 0 saturated heterocycles. The van der Waals surface area contributed by atoms with Gasteiger partial charge >= 0.3 is 12.6 Å². The summed E-state index contributed by atoms with van der Waals surface area (Å²) in [5, 5.41) is 0.412. The van der Waals surface area contributed by atoms with Gasteiger partial charge in [-0.3, -0.25) is 9.78 Å². The highest BCUT2D eigenvalue weighted by Crippen LogP contribution is 2.38. The molecular formula is C30H32Cl2F2N2O8S. The lowest BCUT2D eigenvalue weighted by molar-refractivity contribution is -0.149. The summed E-state index contributed by atoms with van der Waals surface area (Å²) in [7, 11) is -0.977. The van der Waals surface area contributed by atoms with Gasteiger partial charge in [0.05, 0.1) is 37.1 Å². The number of halogens is 4. The largest absolute Gasteiger partial charge is 0.493 e. The summed E-state index contributed by atoms with van der Waals surface area (Å²) < 4.78 is 79.4. The van der Waals surface area contributed by atoms with E-state index in [1.54, 1.807) is 18.2 Å². The first-order valence-corrected chi connectivity index (χ1v) is 16.3. The number of hydrogen-bond donors (Lipinski definition) is 0. The van der Waals surface area contributed by atoms with Gasteiger partial charge in [-0.15, -0.1) is 0 Å². The van der Waals surface area contributed by atoms with Gasteiger partial charge < -0.3 is 23.7 Å². The van der Waals surface area contributed by atoms with Crippen LogP contribution in [0, 0.1) is 5.92 Å². The molecule has 0 bridgehead atoms. The molecule has 1 aliphatic rings. The highest BCUT2D eigenvalue weighted by atomic mass is 35.5. The van der Waals surface area contributed by atoms with Crippen molar-refractivity contribution in [3.63, 3.8) is 0 Å². The van der Waals surface area contributed by atoms with Gasteiger partial charge in [0.25, 0.3) is 0 Å². The molecule has 1 aromatic heterocycles. The van der Waals surface area contributed by atoms with Crippen LogP contribution in [0.4, 0.5) is 8.78 Å². The molecule has 0 spiro atoms. The predicted molar refractivity (Wildman–Crippen MR) is 163 cm³/mol. The normalized spacial score (nSPS) is 13.9. The van der Waals surface area contributed by atoms with Crippen molar-refractivity contribution in [1.29, 1.82) is 0 Å². The Labute approximate surface area is 270 Å². The van der Waals surface area contributed by atoms with Crippen LogP contribution in [-0.4, -0.2) is 63.9 Å². The summed E-state index contributed by atoms with van der Waals surface area (Å²) >= 11 is 12.7. The predicted octanol–water partition coefficient (Wildman–Crippen LogP) is 6.08. The topological polar surface area (TPSA) is 113 Å². The Kier molecular flexibility index (Phi) is 11.7. The van der Waals surface area contributed by atoms with E-state index in [9.17, 15) is 22.0 Å². The van der Waals surface area contributed by atoms with E-state index in [1.807, 2.05) is 0 Å². The van der Waals surface area contributed by atoms with Gasteiger partial charge in [-0.25, -0.2) is 8.42 Å². The van der Waals surface area contributed by atoms with Crippen LogP contribution in [0.3, 0.4) is 0 Å². The number of hydrogen-bond acceptors (Lipinski definition) is 9. The number of rotatable bonds is 16. The fourth-order valence-electron chi connectivity index (χ4n) is 4.38. The molecule has 0 aliphatic heterocycles. The van der Waals surface area contributed by atoms with Gasteiger partial charge in [0.2, 0.25) is 10.0 Å². The summed E-state index contributed by atoms with van der Waals surface area (Å²) in [5.74, 6) is 0.116. The molecule has 0 N–H and O–H groups in total. The highest BCUT2D eigenvalue weighted by molar-refractivity contribution is 7.88. The van der Waals surface area contributed by atoms with Gasteiger partial charge in [-0.1, -0.05) is 35.3 Å². The zero-order valence-corrected chi connectivity index (χ0v) is 27.0. The molecule has 244 valence electrons. The van der Waals surface area contributed by atoms with Crippen molar-refractivity contribution in [2.45, 2.75) is 38.5 Å². The summed E-state index contributed by atoms with van der Waals surface area (Å²) in [6, 6.07) is 9.05. The van der Waals surface area contributed by atoms with Crippen molar-refractivity contribution in [1.82, 2.24) is 9.29 Å². The Hall–Kier alpha value is -3.39. The van der Waals surface area contributed by atoms with Crippen LogP contribution in [0.2, 0.25) is 10.0 Å². The number of methoxy groups -OCH3 is 2. The van der Waals surface area contributed by atoms with Gasteiger partial charge in [0, 0.05) is 25.4 Å². The number of benzene rings is 2. The molecule has 1 fully saturated rings. The van der Waals surface area contributed by atoms with Crippen LogP contribution in [0.1, 0.15) is 35.6 Å². The van der Waals surface area contributed by atoms with Crippen molar-refractivity contribution < 1.29 is 45.7 Å². The number of carbonyl (C=O) groups excluding carboxylic acids is 1. The van der Waals surface area contributed by atoms with Crippen LogP contribution in [0.5, 0.6) is 23.0 Å². The zero-order valence-electron chi connectivity index (χ0n) is 24.7. The molecule has 45 heavy (non-hydrogen) atoms. The number of sulfonamides is 1. The van der Waals surface area contributed by atoms with E-state index in [2.05, 4.69) is 9.72 Å². The van der Waals surface area contributed by atoms with E-state index in [0.29, 0.717) is 40.7 Å². The molecule has 4 rings (SSSR count). The van der Waals surface area contributed by atoms with Crippen molar-refractivity contribution in [2.75, 3.05) is 33.6 Å². The molecule has 2 aromatic carbocycles. The lowest BCUT2D eigenvalue weighted by Gasteiger charge is -2.24. The van der Waals surface area contributed by atoms with Crippen LogP contribution in [0.25, 0.3) is 0 Å². The van der Waals surface area contributed by atoms with Gasteiger partial charge in [0.15, 0.2) is 23.0 Å². The minimum absolute atomic E-state index is 0.0406. The van der Waals surface area contributed by atoms with Crippen molar-refractivity contribution in [2.24, 2.45) is 5.92 Å². The maximum absolute atomic E-state index is 13.4. The number of aromatic nitrogens is 1. The molecule has 0 radical (unpaired) electrons. The Morgan fingerprint density at radius 1 is 1.00 bits per heavy atom. The summed E-state index contributed by atoms with van der Waals surface area (Å²) in [6.45, 7) is -3.59. The molecule has 3 aromatic rings. The average molecular weight is 690 g/mol. The molecule has 1 heterocycles. The number of pyridine rings is 1. The Bertz CT molecular complexity index is 1590. The molecule has 0 amide bonds. The number of nitrogens with zero attached hydrogens (tertiary/aromatic N) is 2. The molecule has 1 saturated carbocycles. The second-order valence-electron chi connectivity index (χ2n) is 10.3. The zero-order chi connectivity index (χ0) is 32.7. The first-order valence-electron chi connectivity index (χ1n) is 13.7. The third-order valence-electron chi connectivity index (χ3n) is 6.92. The van der Waals surface area contributed by atoms with E-state index in [-0.39, 0.29) is 34.5 Å². The summed E-state index contributed by atoms with van der Waals surface area (Å²) in [6.07, 6.45) is 4.52. The monoisotopic (exact) mass is 688 g/mol. The second kappa shape index (κ2) is 15.3. The standard InChI is InChI=1S/C30H32Cl2F2N2O8S/c1-40-24-8-6-19(10-27(24)41-2)15-36(45(3,38)39)16-29(37)43-26(12-21-22(31)13-35-14-23(21)32)20-7-9-25(44-30(33)34)28(11-20)42-17-18-4-5-18/h6-11,13-14,18,26,30H,4-5,12,15-17H2,1-3H3/t26-/m0/s1. The van der Waals surface area contributed by atoms with Crippen molar-refractivity contribution >= 4 is 39.2 Å². The minimum atomic E-state index is -3.90. The minimum Gasteiger partial charge on any atom is -0.493 e. The lowest BCUT2D eigenvalue weighted by atomic mass is 10.0. The van der Waals surface area contributed by atoms with E-state index < -0.39 is 35.3 Å². The summed E-state index contributed by atoms with van der Waals surface area (Å²) in [4.78, 5) is 17.3. The van der Waals surface area contributed by atoms with Crippen LogP contribution >= 0.6 is 23.2 Å². The maximum atomic E-state index is 13.4. The number of ether oxygens (including phenoxy) is 5. The van der Waals surface area contributed by atoms with Crippen molar-refractivity contribution in [3.05, 3.63) is 75.5 Å².